The molecule has 5 unspecified atom stereocenters. The molecule has 4 heterocycles. The largest absolute Gasteiger partial charge is 0.374 e. The summed E-state index contributed by atoms with van der Waals surface area (Å²) >= 11 is 2.07. The average molecular weight is 353 g/mol. The molecule has 4 aliphatic heterocycles. The van der Waals surface area contributed by atoms with Crippen LogP contribution in [0.4, 0.5) is 0 Å². The first-order chi connectivity index (χ1) is 11.6. The molecule has 0 saturated carbocycles. The molecule has 5 atom stereocenters. The van der Waals surface area contributed by atoms with Gasteiger partial charge in [-0.25, -0.2) is 0 Å². The van der Waals surface area contributed by atoms with Crippen molar-refractivity contribution in [3.05, 3.63) is 0 Å². The van der Waals surface area contributed by atoms with Gasteiger partial charge in [0, 0.05) is 42.8 Å². The molecule has 0 aromatic rings. The van der Waals surface area contributed by atoms with Crippen LogP contribution in [0, 0.1) is 11.8 Å². The Morgan fingerprint density at radius 2 is 2.00 bits per heavy atom. The van der Waals surface area contributed by atoms with Crippen LogP contribution in [0.5, 0.6) is 0 Å². The molecule has 0 radical (unpaired) electrons. The maximum atomic E-state index is 6.12. The lowest BCUT2D eigenvalue weighted by molar-refractivity contribution is 0.0766. The van der Waals surface area contributed by atoms with E-state index >= 15 is 0 Å². The number of fused-ring (bicyclic) bond motifs is 5. The van der Waals surface area contributed by atoms with Crippen molar-refractivity contribution in [1.29, 1.82) is 0 Å². The molecule has 5 nitrogen and oxygen atoms in total. The molecular weight excluding hydrogens is 320 g/mol. The number of hydrogen-bond acceptors (Lipinski definition) is 4. The summed E-state index contributed by atoms with van der Waals surface area (Å²) in [5.41, 5.74) is 0.239. The van der Waals surface area contributed by atoms with Crippen LogP contribution in [0.15, 0.2) is 4.99 Å². The maximum Gasteiger partial charge on any atom is 0.194 e. The smallest absolute Gasteiger partial charge is 0.194 e. The summed E-state index contributed by atoms with van der Waals surface area (Å²) in [5.74, 6) is 5.06. The normalized spacial score (nSPS) is 41.5. The Labute approximate surface area is 150 Å². The van der Waals surface area contributed by atoms with Gasteiger partial charge in [-0.05, 0) is 46.0 Å². The van der Waals surface area contributed by atoms with Crippen LogP contribution >= 0.6 is 11.8 Å². The Hall–Kier alpha value is -0.460. The monoisotopic (exact) mass is 352 g/mol. The van der Waals surface area contributed by atoms with Crippen molar-refractivity contribution < 1.29 is 4.74 Å². The van der Waals surface area contributed by atoms with Crippen molar-refractivity contribution in [2.75, 3.05) is 51.8 Å². The lowest BCUT2D eigenvalue weighted by atomic mass is 9.82. The summed E-state index contributed by atoms with van der Waals surface area (Å²) in [6, 6.07) is 0. The number of rotatable bonds is 4. The summed E-state index contributed by atoms with van der Waals surface area (Å²) in [6.45, 7) is 6.28. The Kier molecular flexibility index (Phi) is 4.73. The Morgan fingerprint density at radius 1 is 1.29 bits per heavy atom. The first-order valence-corrected chi connectivity index (χ1v) is 10.7. The van der Waals surface area contributed by atoms with Gasteiger partial charge in [-0.1, -0.05) is 0 Å². The minimum Gasteiger partial charge on any atom is -0.374 e. The summed E-state index contributed by atoms with van der Waals surface area (Å²) in [6.07, 6.45) is 4.83. The predicted molar refractivity (Wildman–Crippen MR) is 101 cm³/mol. The topological polar surface area (TPSA) is 40.1 Å². The van der Waals surface area contributed by atoms with E-state index in [9.17, 15) is 0 Å². The molecule has 0 aromatic carbocycles. The Bertz CT molecular complexity index is 473. The van der Waals surface area contributed by atoms with E-state index in [1.54, 1.807) is 0 Å². The molecule has 0 aliphatic carbocycles. The molecule has 4 rings (SSSR count). The minimum absolute atomic E-state index is 0.239. The third-order valence-corrected chi connectivity index (χ3v) is 7.88. The molecule has 4 aliphatic rings. The second-order valence-corrected chi connectivity index (χ2v) is 9.22. The van der Waals surface area contributed by atoms with Gasteiger partial charge in [0.2, 0.25) is 0 Å². The number of aliphatic imine (C=N–C) groups is 1. The van der Waals surface area contributed by atoms with Crippen LogP contribution in [0.3, 0.4) is 0 Å². The van der Waals surface area contributed by atoms with Crippen molar-refractivity contribution >= 4 is 17.7 Å². The fourth-order valence-electron chi connectivity index (χ4n) is 5.00. The highest BCUT2D eigenvalue weighted by atomic mass is 32.2. The second kappa shape index (κ2) is 6.69. The van der Waals surface area contributed by atoms with Gasteiger partial charge in [-0.2, -0.15) is 11.8 Å². The van der Waals surface area contributed by atoms with Gasteiger partial charge in [-0.3, -0.25) is 4.99 Å². The SMILES string of the molecule is CCNC(=NCC1(N(C)C)CCSC1)N1CC2C3CCC(O3)C2C1. The van der Waals surface area contributed by atoms with Gasteiger partial charge < -0.3 is 19.9 Å². The molecule has 0 amide bonds. The quantitative estimate of drug-likeness (QED) is 0.613. The van der Waals surface area contributed by atoms with E-state index in [4.69, 9.17) is 9.73 Å². The third kappa shape index (κ3) is 2.84. The molecule has 6 heteroatoms. The highest BCUT2D eigenvalue weighted by molar-refractivity contribution is 7.99. The highest BCUT2D eigenvalue weighted by Crippen LogP contribution is 2.47. The number of likely N-dealkylation sites (tertiary alicyclic amines) is 1. The van der Waals surface area contributed by atoms with E-state index < -0.39 is 0 Å². The van der Waals surface area contributed by atoms with Crippen molar-refractivity contribution in [3.63, 3.8) is 0 Å². The van der Waals surface area contributed by atoms with E-state index in [1.807, 2.05) is 0 Å². The maximum absolute atomic E-state index is 6.12. The highest BCUT2D eigenvalue weighted by Gasteiger charge is 2.53. The van der Waals surface area contributed by atoms with Gasteiger partial charge in [-0.15, -0.1) is 0 Å². The first-order valence-electron chi connectivity index (χ1n) is 9.57. The average Bonchev–Trinajstić information content (AvgIpc) is 3.33. The van der Waals surface area contributed by atoms with Gasteiger partial charge in [0.05, 0.1) is 18.8 Å². The Morgan fingerprint density at radius 3 is 2.54 bits per heavy atom. The summed E-state index contributed by atoms with van der Waals surface area (Å²) < 4.78 is 6.12. The fourth-order valence-corrected chi connectivity index (χ4v) is 6.54. The van der Waals surface area contributed by atoms with Crippen LogP contribution in [0.1, 0.15) is 26.2 Å². The minimum atomic E-state index is 0.239. The molecule has 0 aromatic heterocycles. The Balaban J connectivity index is 1.46. The third-order valence-electron chi connectivity index (χ3n) is 6.64. The van der Waals surface area contributed by atoms with E-state index in [-0.39, 0.29) is 5.54 Å². The zero-order valence-electron chi connectivity index (χ0n) is 15.3. The lowest BCUT2D eigenvalue weighted by Gasteiger charge is -2.35. The van der Waals surface area contributed by atoms with Crippen molar-refractivity contribution in [3.8, 4) is 0 Å². The van der Waals surface area contributed by atoms with Gasteiger partial charge in [0.1, 0.15) is 0 Å². The number of ether oxygens (including phenoxy) is 1. The summed E-state index contributed by atoms with van der Waals surface area (Å²) in [4.78, 5) is 10.0. The number of nitrogens with zero attached hydrogens (tertiary/aromatic N) is 3. The molecule has 24 heavy (non-hydrogen) atoms. The lowest BCUT2D eigenvalue weighted by Crippen LogP contribution is -2.49. The fraction of sp³-hybridized carbons (Fsp3) is 0.944. The van der Waals surface area contributed by atoms with Crippen LogP contribution in [-0.4, -0.2) is 85.3 Å². The standard InChI is InChI=1S/C18H32N4OS/c1-4-19-17(20-11-18(21(2)3)7-8-24-12-18)22-9-13-14(10-22)16-6-5-15(13)23-16/h13-16H,4-12H2,1-3H3,(H,19,20). The van der Waals surface area contributed by atoms with Gasteiger partial charge in [0.25, 0.3) is 0 Å². The first kappa shape index (κ1) is 17.0. The van der Waals surface area contributed by atoms with E-state index in [1.165, 1.54) is 30.8 Å². The number of hydrogen-bond donors (Lipinski definition) is 1. The zero-order chi connectivity index (χ0) is 16.7. The van der Waals surface area contributed by atoms with Crippen LogP contribution in [-0.2, 0) is 4.74 Å². The van der Waals surface area contributed by atoms with E-state index in [0.29, 0.717) is 12.2 Å². The van der Waals surface area contributed by atoms with Crippen molar-refractivity contribution in [2.24, 2.45) is 16.8 Å². The van der Waals surface area contributed by atoms with Crippen LogP contribution < -0.4 is 5.32 Å². The zero-order valence-corrected chi connectivity index (χ0v) is 16.1. The predicted octanol–water partition coefficient (Wildman–Crippen LogP) is 1.50. The number of guanidine groups is 1. The van der Waals surface area contributed by atoms with E-state index in [2.05, 4.69) is 47.9 Å². The summed E-state index contributed by atoms with van der Waals surface area (Å²) in [7, 11) is 4.42. The molecule has 4 fully saturated rings. The van der Waals surface area contributed by atoms with Crippen molar-refractivity contribution in [1.82, 2.24) is 15.1 Å². The summed E-state index contributed by atoms with van der Waals surface area (Å²) in [5, 5.41) is 3.55. The van der Waals surface area contributed by atoms with Gasteiger partial charge in [0.15, 0.2) is 5.96 Å². The molecule has 2 bridgehead atoms. The van der Waals surface area contributed by atoms with Crippen LogP contribution in [0.25, 0.3) is 0 Å². The van der Waals surface area contributed by atoms with Crippen molar-refractivity contribution in [2.45, 2.75) is 43.9 Å². The second-order valence-electron chi connectivity index (χ2n) is 8.11. The molecular formula is C18H32N4OS. The molecule has 0 spiro atoms. The number of likely N-dealkylation sites (N-methyl/N-ethyl adjacent to an activating group) is 1. The number of thioether (sulfide) groups is 1. The molecule has 4 saturated heterocycles. The van der Waals surface area contributed by atoms with E-state index in [0.717, 1.165) is 44.0 Å². The molecule has 1 N–H and O–H groups in total. The number of nitrogens with one attached hydrogen (secondary N) is 1. The van der Waals surface area contributed by atoms with Crippen LogP contribution in [0.2, 0.25) is 0 Å². The molecule has 136 valence electrons. The van der Waals surface area contributed by atoms with Gasteiger partial charge >= 0.3 is 0 Å².